The van der Waals surface area contributed by atoms with Crippen molar-refractivity contribution in [3.05, 3.63) is 146 Å². The fraction of sp³-hybridized carbons (Fsp3) is 0.143. The number of rotatable bonds is 9. The first-order valence-electron chi connectivity index (χ1n) is 15.8. The molecule has 0 saturated carbocycles. The van der Waals surface area contributed by atoms with Crippen molar-refractivity contribution in [1.82, 2.24) is 0 Å². The van der Waals surface area contributed by atoms with E-state index in [4.69, 9.17) is 4.74 Å². The molecule has 6 aromatic carbocycles. The van der Waals surface area contributed by atoms with Gasteiger partial charge in [-0.1, -0.05) is 148 Å². The van der Waals surface area contributed by atoms with Gasteiger partial charge in [0.2, 0.25) is 0 Å². The average Bonchev–Trinajstić information content (AvgIpc) is 3.10. The lowest BCUT2D eigenvalue weighted by atomic mass is 9.98. The normalized spacial score (nSPS) is 11.9. The summed E-state index contributed by atoms with van der Waals surface area (Å²) in [5.41, 5.74) is 11.9. The SMILES string of the molecule is CCCCCCN1c2ccc(-c3ccc(-c4ccccc4)cc3)cc2Oc2cc(-c3ccc(-c4ccccc4)cc3)ccc21. The van der Waals surface area contributed by atoms with Crippen molar-refractivity contribution in [3.8, 4) is 56.0 Å². The maximum atomic E-state index is 6.70. The maximum absolute atomic E-state index is 6.70. The molecule has 0 fully saturated rings. The number of nitrogens with zero attached hydrogens (tertiary/aromatic N) is 1. The van der Waals surface area contributed by atoms with Crippen LogP contribution in [-0.2, 0) is 0 Å². The van der Waals surface area contributed by atoms with Crippen LogP contribution in [0.2, 0.25) is 0 Å². The molecule has 0 bridgehead atoms. The highest BCUT2D eigenvalue weighted by atomic mass is 16.5. The van der Waals surface area contributed by atoms with E-state index in [-0.39, 0.29) is 0 Å². The van der Waals surface area contributed by atoms with Gasteiger partial charge in [-0.3, -0.25) is 0 Å². The second kappa shape index (κ2) is 12.7. The minimum Gasteiger partial charge on any atom is -0.453 e. The number of ether oxygens (including phenoxy) is 1. The Morgan fingerprint density at radius 2 is 0.795 bits per heavy atom. The highest BCUT2D eigenvalue weighted by molar-refractivity contribution is 5.84. The van der Waals surface area contributed by atoms with Gasteiger partial charge in [-0.2, -0.15) is 0 Å². The number of unbranched alkanes of at least 4 members (excludes halogenated alkanes) is 3. The average molecular weight is 572 g/mol. The topological polar surface area (TPSA) is 12.5 Å². The number of benzene rings is 6. The van der Waals surface area contributed by atoms with Gasteiger partial charge in [0, 0.05) is 6.54 Å². The van der Waals surface area contributed by atoms with E-state index < -0.39 is 0 Å². The van der Waals surface area contributed by atoms with Crippen LogP contribution >= 0.6 is 0 Å². The molecule has 1 aliphatic heterocycles. The molecule has 6 aromatic rings. The van der Waals surface area contributed by atoms with Gasteiger partial charge in [0.1, 0.15) is 0 Å². The molecule has 2 heteroatoms. The van der Waals surface area contributed by atoms with E-state index in [0.29, 0.717) is 0 Å². The molecule has 0 aromatic heterocycles. The zero-order valence-electron chi connectivity index (χ0n) is 25.2. The quantitative estimate of drug-likeness (QED) is 0.160. The molecule has 0 saturated heterocycles. The second-order valence-corrected chi connectivity index (χ2v) is 11.6. The van der Waals surface area contributed by atoms with Crippen LogP contribution in [-0.4, -0.2) is 6.54 Å². The van der Waals surface area contributed by atoms with Gasteiger partial charge in [-0.25, -0.2) is 0 Å². The fourth-order valence-electron chi connectivity index (χ4n) is 6.15. The molecule has 2 nitrogen and oxygen atoms in total. The molecule has 0 N–H and O–H groups in total. The predicted octanol–water partition coefficient (Wildman–Crippen LogP) is 12.2. The second-order valence-electron chi connectivity index (χ2n) is 11.6. The van der Waals surface area contributed by atoms with E-state index >= 15 is 0 Å². The van der Waals surface area contributed by atoms with Gasteiger partial charge in [0.05, 0.1) is 11.4 Å². The largest absolute Gasteiger partial charge is 0.453 e. The standard InChI is InChI=1S/C42H37NO/c1-2-3-4-11-28-43-39-26-24-37(35-20-16-33(17-21-35)31-12-7-5-8-13-31)29-41(39)44-42-30-38(25-27-40(42)43)36-22-18-34(19-23-36)32-14-9-6-10-15-32/h5-10,12-27,29-30H,2-4,11,28H2,1H3. The Labute approximate surface area is 261 Å². The van der Waals surface area contributed by atoms with Crippen molar-refractivity contribution in [2.24, 2.45) is 0 Å². The molecule has 1 aliphatic rings. The first-order chi connectivity index (χ1) is 21.8. The van der Waals surface area contributed by atoms with Crippen molar-refractivity contribution in [2.75, 3.05) is 11.4 Å². The van der Waals surface area contributed by atoms with Crippen molar-refractivity contribution < 1.29 is 4.74 Å². The van der Waals surface area contributed by atoms with E-state index in [1.807, 2.05) is 0 Å². The summed E-state index contributed by atoms with van der Waals surface area (Å²) >= 11 is 0. The van der Waals surface area contributed by atoms with Crippen LogP contribution in [0.3, 0.4) is 0 Å². The van der Waals surface area contributed by atoms with Gasteiger partial charge < -0.3 is 9.64 Å². The summed E-state index contributed by atoms with van der Waals surface area (Å²) in [6.45, 7) is 3.24. The van der Waals surface area contributed by atoms with Gasteiger partial charge in [0.15, 0.2) is 11.5 Å². The first-order valence-corrected chi connectivity index (χ1v) is 15.8. The van der Waals surface area contributed by atoms with Crippen molar-refractivity contribution >= 4 is 11.4 Å². The summed E-state index contributed by atoms with van der Waals surface area (Å²) in [7, 11) is 0. The minimum atomic E-state index is 0.911. The lowest BCUT2D eigenvalue weighted by Crippen LogP contribution is -2.22. The zero-order valence-corrected chi connectivity index (χ0v) is 25.2. The van der Waals surface area contributed by atoms with Crippen LogP contribution in [0.5, 0.6) is 11.5 Å². The molecular weight excluding hydrogens is 534 g/mol. The van der Waals surface area contributed by atoms with E-state index in [9.17, 15) is 0 Å². The molecule has 216 valence electrons. The Bertz CT molecular complexity index is 1710. The molecule has 0 radical (unpaired) electrons. The van der Waals surface area contributed by atoms with Crippen molar-refractivity contribution in [3.63, 3.8) is 0 Å². The predicted molar refractivity (Wildman–Crippen MR) is 186 cm³/mol. The summed E-state index contributed by atoms with van der Waals surface area (Å²) in [5, 5.41) is 0. The Balaban J connectivity index is 1.20. The van der Waals surface area contributed by atoms with E-state index in [2.05, 4.69) is 157 Å². The molecular formula is C42H37NO. The van der Waals surface area contributed by atoms with Crippen molar-refractivity contribution in [2.45, 2.75) is 32.6 Å². The van der Waals surface area contributed by atoms with E-state index in [0.717, 1.165) is 47.0 Å². The van der Waals surface area contributed by atoms with Crippen LogP contribution in [0.4, 0.5) is 11.4 Å². The number of hydrogen-bond acceptors (Lipinski definition) is 2. The van der Waals surface area contributed by atoms with Crippen molar-refractivity contribution in [1.29, 1.82) is 0 Å². The third-order valence-electron chi connectivity index (χ3n) is 8.61. The number of anilines is 2. The van der Waals surface area contributed by atoms with Gasteiger partial charge in [-0.15, -0.1) is 0 Å². The third kappa shape index (κ3) is 5.76. The first kappa shape index (κ1) is 27.7. The number of fused-ring (bicyclic) bond motifs is 2. The summed E-state index contributed by atoms with van der Waals surface area (Å²) < 4.78 is 6.70. The Morgan fingerprint density at radius 3 is 1.23 bits per heavy atom. The molecule has 0 aliphatic carbocycles. The Kier molecular flexibility index (Phi) is 7.97. The monoisotopic (exact) mass is 571 g/mol. The summed E-state index contributed by atoms with van der Waals surface area (Å²) in [4.78, 5) is 2.45. The highest BCUT2D eigenvalue weighted by Crippen LogP contribution is 2.49. The highest BCUT2D eigenvalue weighted by Gasteiger charge is 2.25. The summed E-state index contributed by atoms with van der Waals surface area (Å²) in [6.07, 6.45) is 4.88. The summed E-state index contributed by atoms with van der Waals surface area (Å²) in [5.74, 6) is 1.82. The van der Waals surface area contributed by atoms with Crippen LogP contribution in [0.25, 0.3) is 44.5 Å². The molecule has 7 rings (SSSR count). The van der Waals surface area contributed by atoms with Gasteiger partial charge in [0.25, 0.3) is 0 Å². The van der Waals surface area contributed by atoms with Crippen LogP contribution in [0.1, 0.15) is 32.6 Å². The molecule has 44 heavy (non-hydrogen) atoms. The zero-order chi connectivity index (χ0) is 29.7. The molecule has 0 spiro atoms. The number of hydrogen-bond donors (Lipinski definition) is 0. The summed E-state index contributed by atoms with van der Waals surface area (Å²) in [6, 6.07) is 52.0. The lowest BCUT2D eigenvalue weighted by Gasteiger charge is -2.33. The lowest BCUT2D eigenvalue weighted by molar-refractivity contribution is 0.472. The molecule has 0 unspecified atom stereocenters. The van der Waals surface area contributed by atoms with Gasteiger partial charge in [-0.05, 0) is 75.2 Å². The molecule has 1 heterocycles. The van der Waals surface area contributed by atoms with Crippen LogP contribution in [0.15, 0.2) is 146 Å². The smallest absolute Gasteiger partial charge is 0.151 e. The molecule has 0 atom stereocenters. The fourth-order valence-corrected chi connectivity index (χ4v) is 6.15. The van der Waals surface area contributed by atoms with Gasteiger partial charge >= 0.3 is 0 Å². The third-order valence-corrected chi connectivity index (χ3v) is 8.61. The Morgan fingerprint density at radius 1 is 0.409 bits per heavy atom. The van der Waals surface area contributed by atoms with Crippen LogP contribution in [0, 0.1) is 0 Å². The maximum Gasteiger partial charge on any atom is 0.151 e. The minimum absolute atomic E-state index is 0.911. The van der Waals surface area contributed by atoms with E-state index in [1.54, 1.807) is 0 Å². The van der Waals surface area contributed by atoms with E-state index in [1.165, 1.54) is 52.6 Å². The van der Waals surface area contributed by atoms with Crippen LogP contribution < -0.4 is 9.64 Å². The molecule has 0 amide bonds. The Hall–Kier alpha value is -5.08.